The zero-order chi connectivity index (χ0) is 27.9. The molecule has 38 heavy (non-hydrogen) atoms. The maximum Gasteiger partial charge on any atom is 0.446 e. The highest BCUT2D eigenvalue weighted by atomic mass is 32.2. The van der Waals surface area contributed by atoms with Crippen molar-refractivity contribution < 1.29 is 31.1 Å². The monoisotopic (exact) mass is 586 g/mol. The fraction of sp³-hybridized carbons (Fsp3) is 0.696. The van der Waals surface area contributed by atoms with Crippen LogP contribution in [-0.4, -0.2) is 100 Å². The van der Waals surface area contributed by atoms with Crippen LogP contribution in [0.15, 0.2) is 23.1 Å². The lowest BCUT2D eigenvalue weighted by atomic mass is 10.0. The number of likely N-dealkylation sites (tertiary alicyclic amines) is 1. The van der Waals surface area contributed by atoms with Crippen LogP contribution in [0.2, 0.25) is 0 Å². The van der Waals surface area contributed by atoms with Gasteiger partial charge in [-0.05, 0) is 55.8 Å². The molecule has 3 aliphatic rings. The van der Waals surface area contributed by atoms with Crippen molar-refractivity contribution in [2.24, 2.45) is 0 Å². The van der Waals surface area contributed by atoms with E-state index in [4.69, 9.17) is 10.8 Å². The number of rotatable bonds is 7. The minimum Gasteiger partial charge on any atom is -0.349 e. The average Bonchev–Trinajstić information content (AvgIpc) is 2.84. The molecule has 2 aliphatic heterocycles. The third-order valence-electron chi connectivity index (χ3n) is 6.58. The van der Waals surface area contributed by atoms with Gasteiger partial charge in [-0.15, -0.1) is 0 Å². The molecule has 214 valence electrons. The van der Waals surface area contributed by atoms with Crippen molar-refractivity contribution in [1.29, 1.82) is 10.8 Å². The van der Waals surface area contributed by atoms with Crippen LogP contribution in [0.5, 0.6) is 0 Å². The zero-order valence-corrected chi connectivity index (χ0v) is 22.3. The van der Waals surface area contributed by atoms with Crippen molar-refractivity contribution in [3.05, 3.63) is 23.1 Å². The van der Waals surface area contributed by atoms with Gasteiger partial charge in [-0.2, -0.15) is 26.3 Å². The van der Waals surface area contributed by atoms with Gasteiger partial charge in [0.1, 0.15) is 0 Å². The molecule has 1 aliphatic carbocycles. The molecular weight excluding hydrogens is 554 g/mol. The van der Waals surface area contributed by atoms with Crippen molar-refractivity contribution >= 4 is 39.6 Å². The highest BCUT2D eigenvalue weighted by Crippen LogP contribution is 2.38. The van der Waals surface area contributed by atoms with E-state index in [9.17, 15) is 31.1 Å². The second-order valence-corrected chi connectivity index (χ2v) is 11.5. The van der Waals surface area contributed by atoms with Crippen LogP contribution in [0.1, 0.15) is 32.1 Å². The van der Waals surface area contributed by atoms with E-state index in [2.05, 4.69) is 10.2 Å². The Bertz CT molecular complexity index is 909. The van der Waals surface area contributed by atoms with Crippen LogP contribution in [0.25, 0.3) is 0 Å². The molecule has 0 bridgehead atoms. The fourth-order valence-electron chi connectivity index (χ4n) is 4.54. The number of allylic oxidation sites excluding steroid dienone is 1. The molecule has 2 fully saturated rings. The quantitative estimate of drug-likeness (QED) is 0.229. The van der Waals surface area contributed by atoms with E-state index in [-0.39, 0.29) is 51.6 Å². The zero-order valence-electron chi connectivity index (χ0n) is 20.7. The standard InChI is InChI=1S/C23H32F6N6OS2/c24-22(25,26)20(30)37-21(31)35-14-12-33(13-15-35)9-1-2-19(36)34-10-7-17(8-11-34)32-16-3-5-18(6-4-16)38-23(27,28)29/h3,5-6,16-17,30-32H,1-2,4,7-15H2. The molecule has 1 amide bonds. The van der Waals surface area contributed by atoms with Gasteiger partial charge < -0.3 is 15.1 Å². The Morgan fingerprint density at radius 3 is 2.21 bits per heavy atom. The number of alkyl halides is 6. The van der Waals surface area contributed by atoms with Gasteiger partial charge in [-0.25, -0.2) is 0 Å². The first kappa shape index (κ1) is 30.8. The largest absolute Gasteiger partial charge is 0.446 e. The smallest absolute Gasteiger partial charge is 0.349 e. The second-order valence-electron chi connectivity index (χ2n) is 9.34. The van der Waals surface area contributed by atoms with Gasteiger partial charge in [0.05, 0.1) is 0 Å². The van der Waals surface area contributed by atoms with E-state index in [0.717, 1.165) is 12.8 Å². The summed E-state index contributed by atoms with van der Waals surface area (Å²) in [7, 11) is 0. The van der Waals surface area contributed by atoms with Crippen LogP contribution < -0.4 is 5.32 Å². The Balaban J connectivity index is 1.27. The lowest BCUT2D eigenvalue weighted by molar-refractivity contribution is -0.132. The summed E-state index contributed by atoms with van der Waals surface area (Å²) in [6, 6.07) is 0.186. The third kappa shape index (κ3) is 10.1. The number of nitrogens with zero attached hydrogens (tertiary/aromatic N) is 3. The van der Waals surface area contributed by atoms with Gasteiger partial charge in [0.2, 0.25) is 5.91 Å². The van der Waals surface area contributed by atoms with Crippen LogP contribution in [0, 0.1) is 10.8 Å². The minimum atomic E-state index is -4.74. The SMILES string of the molecule is N=C(SC(=N)C(F)(F)F)N1CCN(CCCC(=O)N2CCC(NC3C=CC(SC(F)(F)F)=CC3)CC2)CC1. The highest BCUT2D eigenvalue weighted by Gasteiger charge is 2.37. The molecule has 0 aromatic carbocycles. The molecule has 3 rings (SSSR count). The summed E-state index contributed by atoms with van der Waals surface area (Å²) >= 11 is 0.00873. The number of amidine groups is 1. The molecule has 15 heteroatoms. The lowest BCUT2D eigenvalue weighted by Crippen LogP contribution is -2.49. The Morgan fingerprint density at radius 2 is 1.66 bits per heavy atom. The Hall–Kier alpha value is -1.71. The lowest BCUT2D eigenvalue weighted by Gasteiger charge is -2.36. The Labute approximate surface area is 226 Å². The summed E-state index contributed by atoms with van der Waals surface area (Å²) in [6.45, 7) is 3.91. The third-order valence-corrected chi connectivity index (χ3v) is 8.23. The predicted molar refractivity (Wildman–Crippen MR) is 138 cm³/mol. The van der Waals surface area contributed by atoms with Crippen LogP contribution in [-0.2, 0) is 4.79 Å². The Morgan fingerprint density at radius 1 is 1.00 bits per heavy atom. The van der Waals surface area contributed by atoms with Crippen molar-refractivity contribution in [3.63, 3.8) is 0 Å². The molecule has 1 atom stereocenters. The van der Waals surface area contributed by atoms with E-state index in [0.29, 0.717) is 65.1 Å². The maximum absolute atomic E-state index is 12.6. The molecule has 0 spiro atoms. The predicted octanol–water partition coefficient (Wildman–Crippen LogP) is 4.64. The molecule has 2 saturated heterocycles. The fourth-order valence-corrected chi connectivity index (χ4v) is 5.75. The summed E-state index contributed by atoms with van der Waals surface area (Å²) in [5.41, 5.74) is -4.29. The molecule has 0 radical (unpaired) electrons. The first-order valence-electron chi connectivity index (χ1n) is 12.4. The van der Waals surface area contributed by atoms with Gasteiger partial charge in [0.15, 0.2) is 10.2 Å². The highest BCUT2D eigenvalue weighted by molar-refractivity contribution is 8.26. The number of hydrogen-bond acceptors (Lipinski definition) is 7. The van der Waals surface area contributed by atoms with Gasteiger partial charge in [-0.1, -0.05) is 18.2 Å². The number of piperazine rings is 1. The number of carbonyl (C=O) groups is 1. The Kier molecular flexibility index (Phi) is 11.0. The van der Waals surface area contributed by atoms with Crippen molar-refractivity contribution in [2.45, 2.75) is 55.9 Å². The number of halogens is 6. The van der Waals surface area contributed by atoms with Gasteiger partial charge >= 0.3 is 11.7 Å². The second kappa shape index (κ2) is 13.6. The topological polar surface area (TPSA) is 86.5 Å². The summed E-state index contributed by atoms with van der Waals surface area (Å²) in [6.07, 6.45) is 3.25. The van der Waals surface area contributed by atoms with Gasteiger partial charge in [0.25, 0.3) is 0 Å². The maximum atomic E-state index is 12.6. The molecule has 0 aromatic rings. The molecule has 2 heterocycles. The first-order chi connectivity index (χ1) is 17.8. The number of carbonyl (C=O) groups excluding carboxylic acids is 1. The van der Waals surface area contributed by atoms with Crippen LogP contribution in [0.3, 0.4) is 0 Å². The summed E-state index contributed by atoms with van der Waals surface area (Å²) in [5.74, 6) is 0.0836. The van der Waals surface area contributed by atoms with Gasteiger partial charge in [0, 0.05) is 62.7 Å². The average molecular weight is 587 g/mol. The van der Waals surface area contributed by atoms with E-state index in [1.165, 1.54) is 11.0 Å². The summed E-state index contributed by atoms with van der Waals surface area (Å²) in [5, 5.41) is 16.5. The number of amides is 1. The number of nitrogens with one attached hydrogen (secondary N) is 3. The van der Waals surface area contributed by atoms with E-state index in [1.54, 1.807) is 12.2 Å². The summed E-state index contributed by atoms with van der Waals surface area (Å²) in [4.78, 5) is 18.3. The molecule has 3 N–H and O–H groups in total. The number of thioether (sulfide) groups is 2. The minimum absolute atomic E-state index is 0.0144. The first-order valence-corrected chi connectivity index (χ1v) is 14.0. The number of piperidine rings is 1. The molecular formula is C23H32F6N6OS2. The molecule has 0 aromatic heterocycles. The van der Waals surface area contributed by atoms with E-state index in [1.807, 2.05) is 4.90 Å². The molecule has 0 saturated carbocycles. The molecule has 7 nitrogen and oxygen atoms in total. The van der Waals surface area contributed by atoms with E-state index < -0.39 is 16.7 Å². The van der Waals surface area contributed by atoms with Gasteiger partial charge in [-0.3, -0.25) is 20.5 Å². The number of hydrogen-bond donors (Lipinski definition) is 3. The van der Waals surface area contributed by atoms with E-state index >= 15 is 0 Å². The molecule has 1 unspecified atom stereocenters. The van der Waals surface area contributed by atoms with Crippen molar-refractivity contribution in [2.75, 3.05) is 45.8 Å². The van der Waals surface area contributed by atoms with Crippen molar-refractivity contribution in [3.8, 4) is 0 Å². The van der Waals surface area contributed by atoms with Crippen LogP contribution >= 0.6 is 23.5 Å². The normalized spacial score (nSPS) is 21.9. The summed E-state index contributed by atoms with van der Waals surface area (Å²) < 4.78 is 75.0. The van der Waals surface area contributed by atoms with Crippen LogP contribution in [0.4, 0.5) is 26.3 Å². The van der Waals surface area contributed by atoms with Crippen molar-refractivity contribution in [1.82, 2.24) is 20.0 Å².